The second kappa shape index (κ2) is 11.0. The highest BCUT2D eigenvalue weighted by Crippen LogP contribution is 2.27. The van der Waals surface area contributed by atoms with Gasteiger partial charge in [0.2, 0.25) is 0 Å². The van der Waals surface area contributed by atoms with E-state index in [-0.39, 0.29) is 0 Å². The Morgan fingerprint density at radius 1 is 0.972 bits per heavy atom. The minimum absolute atomic E-state index is 0.477. The molecular formula is C29H31N3O4. The van der Waals surface area contributed by atoms with Gasteiger partial charge in [-0.15, -0.1) is 0 Å². The molecule has 3 aromatic carbocycles. The fourth-order valence-corrected chi connectivity index (χ4v) is 3.79. The zero-order valence-electron chi connectivity index (χ0n) is 21.2. The SMILES string of the molecule is C#CN(C(=O)C(C)NC(=O)OC(C)(C)C)C(C(=O)Nc1ccc2ccccc2c1)c1ccccc1C. The molecule has 0 saturated carbocycles. The van der Waals surface area contributed by atoms with Crippen LogP contribution in [0.3, 0.4) is 0 Å². The molecule has 0 radical (unpaired) electrons. The lowest BCUT2D eigenvalue weighted by atomic mass is 9.98. The van der Waals surface area contributed by atoms with Crippen LogP contribution in [0.4, 0.5) is 10.5 Å². The highest BCUT2D eigenvalue weighted by Gasteiger charge is 2.35. The number of nitrogens with one attached hydrogen (secondary N) is 2. The number of anilines is 1. The van der Waals surface area contributed by atoms with Gasteiger partial charge in [-0.25, -0.2) is 4.79 Å². The molecule has 2 atom stereocenters. The molecule has 186 valence electrons. The van der Waals surface area contributed by atoms with Crippen molar-refractivity contribution in [2.75, 3.05) is 5.32 Å². The highest BCUT2D eigenvalue weighted by molar-refractivity contribution is 6.01. The fraction of sp³-hybridized carbons (Fsp3) is 0.276. The van der Waals surface area contributed by atoms with E-state index in [1.54, 1.807) is 39.0 Å². The first kappa shape index (κ1) is 26.3. The minimum atomic E-state index is -1.13. The molecule has 0 heterocycles. The third-order valence-corrected chi connectivity index (χ3v) is 5.49. The summed E-state index contributed by atoms with van der Waals surface area (Å²) in [7, 11) is 0. The predicted octanol–water partition coefficient (Wildman–Crippen LogP) is 5.16. The molecule has 0 bridgehead atoms. The molecule has 3 aromatic rings. The summed E-state index contributed by atoms with van der Waals surface area (Å²) in [5.41, 5.74) is 1.20. The summed E-state index contributed by atoms with van der Waals surface area (Å²) in [5, 5.41) is 7.40. The van der Waals surface area contributed by atoms with Crippen LogP contribution in [-0.2, 0) is 14.3 Å². The molecule has 7 heteroatoms. The van der Waals surface area contributed by atoms with E-state index < -0.39 is 35.6 Å². The second-order valence-corrected chi connectivity index (χ2v) is 9.52. The molecule has 2 unspecified atom stereocenters. The number of alkyl carbamates (subject to hydrolysis) is 1. The zero-order chi connectivity index (χ0) is 26.5. The van der Waals surface area contributed by atoms with Crippen molar-refractivity contribution >= 4 is 34.4 Å². The van der Waals surface area contributed by atoms with E-state index in [2.05, 4.69) is 16.7 Å². The summed E-state index contributed by atoms with van der Waals surface area (Å²) in [6.45, 7) is 8.49. The van der Waals surface area contributed by atoms with Crippen LogP contribution in [-0.4, -0.2) is 34.5 Å². The number of aryl methyl sites for hydroxylation is 1. The van der Waals surface area contributed by atoms with Gasteiger partial charge in [0, 0.05) is 11.7 Å². The van der Waals surface area contributed by atoms with Crippen molar-refractivity contribution in [2.45, 2.75) is 52.3 Å². The number of ether oxygens (including phenoxy) is 1. The van der Waals surface area contributed by atoms with Crippen LogP contribution in [0.5, 0.6) is 0 Å². The summed E-state index contributed by atoms with van der Waals surface area (Å²) in [4.78, 5) is 40.2. The van der Waals surface area contributed by atoms with Crippen LogP contribution in [0.1, 0.15) is 44.9 Å². The number of carbonyl (C=O) groups excluding carboxylic acids is 3. The topological polar surface area (TPSA) is 87.7 Å². The van der Waals surface area contributed by atoms with Crippen molar-refractivity contribution in [3.63, 3.8) is 0 Å². The van der Waals surface area contributed by atoms with E-state index in [1.165, 1.54) is 6.92 Å². The number of hydrogen-bond donors (Lipinski definition) is 2. The van der Waals surface area contributed by atoms with Gasteiger partial charge in [-0.3, -0.25) is 14.5 Å². The van der Waals surface area contributed by atoms with Crippen LogP contribution in [0.25, 0.3) is 10.8 Å². The van der Waals surface area contributed by atoms with Gasteiger partial charge in [-0.2, -0.15) is 0 Å². The van der Waals surface area contributed by atoms with E-state index in [1.807, 2.05) is 55.5 Å². The number of carbonyl (C=O) groups is 3. The Bertz CT molecular complexity index is 1320. The van der Waals surface area contributed by atoms with Crippen LogP contribution in [0, 0.1) is 19.4 Å². The number of terminal acetylenes is 1. The Balaban J connectivity index is 1.91. The van der Waals surface area contributed by atoms with Crippen molar-refractivity contribution in [3.8, 4) is 12.5 Å². The first-order valence-electron chi connectivity index (χ1n) is 11.6. The summed E-state index contributed by atoms with van der Waals surface area (Å²) in [6.07, 6.45) is 5.01. The quantitative estimate of drug-likeness (QED) is 0.373. The van der Waals surface area contributed by atoms with Crippen LogP contribution in [0.15, 0.2) is 66.7 Å². The number of nitrogens with zero attached hydrogens (tertiary/aromatic N) is 1. The molecule has 7 nitrogen and oxygen atoms in total. The highest BCUT2D eigenvalue weighted by atomic mass is 16.6. The largest absolute Gasteiger partial charge is 0.444 e. The van der Waals surface area contributed by atoms with Gasteiger partial charge < -0.3 is 15.4 Å². The molecule has 36 heavy (non-hydrogen) atoms. The van der Waals surface area contributed by atoms with Crippen molar-refractivity contribution < 1.29 is 19.1 Å². The normalized spacial score (nSPS) is 12.7. The second-order valence-electron chi connectivity index (χ2n) is 9.52. The smallest absolute Gasteiger partial charge is 0.408 e. The third-order valence-electron chi connectivity index (χ3n) is 5.49. The van der Waals surface area contributed by atoms with Gasteiger partial charge in [0.15, 0.2) is 0 Å². The number of hydrogen-bond acceptors (Lipinski definition) is 4. The van der Waals surface area contributed by atoms with Gasteiger partial charge in [-0.05, 0) is 68.7 Å². The number of benzene rings is 3. The third kappa shape index (κ3) is 6.42. The molecule has 3 rings (SSSR count). The molecular weight excluding hydrogens is 454 g/mol. The maximum atomic E-state index is 13.6. The van der Waals surface area contributed by atoms with Crippen LogP contribution in [0.2, 0.25) is 0 Å². The molecule has 0 saturated heterocycles. The lowest BCUT2D eigenvalue weighted by Crippen LogP contribution is -2.49. The van der Waals surface area contributed by atoms with Gasteiger partial charge >= 0.3 is 6.09 Å². The molecule has 2 N–H and O–H groups in total. The first-order chi connectivity index (χ1) is 17.0. The molecule has 0 aliphatic rings. The average molecular weight is 486 g/mol. The number of amides is 3. The van der Waals surface area contributed by atoms with Crippen molar-refractivity contribution in [2.24, 2.45) is 0 Å². The van der Waals surface area contributed by atoms with Crippen LogP contribution >= 0.6 is 0 Å². The van der Waals surface area contributed by atoms with Crippen molar-refractivity contribution in [3.05, 3.63) is 77.9 Å². The van der Waals surface area contributed by atoms with Crippen LogP contribution < -0.4 is 10.6 Å². The molecule has 0 aromatic heterocycles. The average Bonchev–Trinajstić information content (AvgIpc) is 2.81. The predicted molar refractivity (Wildman–Crippen MR) is 141 cm³/mol. The van der Waals surface area contributed by atoms with Gasteiger partial charge in [0.1, 0.15) is 17.7 Å². The van der Waals surface area contributed by atoms with Crippen molar-refractivity contribution in [1.82, 2.24) is 10.2 Å². The summed E-state index contributed by atoms with van der Waals surface area (Å²) in [6, 6.07) is 20.8. The standard InChI is InChI=1S/C29H31N3O4/c1-7-32(27(34)20(3)30-28(35)36-29(4,5)6)25(24-15-11-8-12-19(24)2)26(33)31-23-17-16-21-13-9-10-14-22(21)18-23/h1,8-18,20,25H,2-6H3,(H,30,35)(H,31,33). The number of fused-ring (bicyclic) bond motifs is 1. The maximum Gasteiger partial charge on any atom is 0.408 e. The van der Waals surface area contributed by atoms with E-state index in [0.29, 0.717) is 11.3 Å². The molecule has 0 fully saturated rings. The molecule has 0 aliphatic heterocycles. The minimum Gasteiger partial charge on any atom is -0.444 e. The van der Waals surface area contributed by atoms with Gasteiger partial charge in [-0.1, -0.05) is 61.0 Å². The summed E-state index contributed by atoms with van der Waals surface area (Å²) >= 11 is 0. The Kier molecular flexibility index (Phi) is 8.00. The Morgan fingerprint density at radius 2 is 1.61 bits per heavy atom. The van der Waals surface area contributed by atoms with E-state index in [9.17, 15) is 14.4 Å². The van der Waals surface area contributed by atoms with Gasteiger partial charge in [0.25, 0.3) is 11.8 Å². The molecule has 0 aliphatic carbocycles. The Labute approximate surface area is 211 Å². The zero-order valence-corrected chi connectivity index (χ0v) is 21.2. The number of rotatable bonds is 6. The lowest BCUT2D eigenvalue weighted by Gasteiger charge is -2.30. The van der Waals surface area contributed by atoms with E-state index >= 15 is 0 Å². The van der Waals surface area contributed by atoms with Crippen molar-refractivity contribution in [1.29, 1.82) is 0 Å². The fourth-order valence-electron chi connectivity index (χ4n) is 3.79. The maximum absolute atomic E-state index is 13.6. The Morgan fingerprint density at radius 3 is 2.25 bits per heavy atom. The molecule has 3 amide bonds. The van der Waals surface area contributed by atoms with Gasteiger partial charge in [0.05, 0.1) is 0 Å². The lowest BCUT2D eigenvalue weighted by molar-refractivity contribution is -0.136. The summed E-state index contributed by atoms with van der Waals surface area (Å²) < 4.78 is 5.25. The first-order valence-corrected chi connectivity index (χ1v) is 11.6. The molecule has 0 spiro atoms. The van der Waals surface area contributed by atoms with E-state index in [4.69, 9.17) is 11.2 Å². The monoisotopic (exact) mass is 485 g/mol. The van der Waals surface area contributed by atoms with E-state index in [0.717, 1.165) is 21.2 Å². The Hall–Kier alpha value is -4.31. The summed E-state index contributed by atoms with van der Waals surface area (Å²) in [5.74, 6) is -1.10.